The first-order valence-corrected chi connectivity index (χ1v) is 7.62. The van der Waals surface area contributed by atoms with Gasteiger partial charge in [-0.1, -0.05) is 18.5 Å². The lowest BCUT2D eigenvalue weighted by Crippen LogP contribution is -1.88. The SMILES string of the molecule is CCc1ccc(CSc2cc(Cl)ccc2N)s1. The number of thioether (sulfide) groups is 1. The fourth-order valence-electron chi connectivity index (χ4n) is 1.47. The van der Waals surface area contributed by atoms with Crippen LogP contribution in [0, 0.1) is 0 Å². The van der Waals surface area contributed by atoms with Crippen molar-refractivity contribution in [2.24, 2.45) is 0 Å². The molecule has 0 amide bonds. The smallest absolute Gasteiger partial charge is 0.0453 e. The summed E-state index contributed by atoms with van der Waals surface area (Å²) < 4.78 is 0. The van der Waals surface area contributed by atoms with Crippen molar-refractivity contribution in [2.45, 2.75) is 24.0 Å². The average Bonchev–Trinajstić information content (AvgIpc) is 2.78. The first kappa shape index (κ1) is 12.8. The molecule has 0 atom stereocenters. The van der Waals surface area contributed by atoms with Crippen LogP contribution in [0.3, 0.4) is 0 Å². The lowest BCUT2D eigenvalue weighted by molar-refractivity contribution is 1.19. The third-order valence-electron chi connectivity index (χ3n) is 2.41. The van der Waals surface area contributed by atoms with Gasteiger partial charge >= 0.3 is 0 Å². The molecule has 0 fully saturated rings. The Morgan fingerprint density at radius 3 is 2.71 bits per heavy atom. The Labute approximate surface area is 115 Å². The zero-order chi connectivity index (χ0) is 12.3. The maximum Gasteiger partial charge on any atom is 0.0453 e. The number of nitrogens with two attached hydrogens (primary N) is 1. The third-order valence-corrected chi connectivity index (χ3v) is 5.18. The van der Waals surface area contributed by atoms with Crippen molar-refractivity contribution in [1.29, 1.82) is 0 Å². The third kappa shape index (κ3) is 3.41. The number of thiophene rings is 1. The molecule has 1 aromatic carbocycles. The topological polar surface area (TPSA) is 26.0 Å². The van der Waals surface area contributed by atoms with Gasteiger partial charge < -0.3 is 5.73 Å². The number of hydrogen-bond donors (Lipinski definition) is 1. The van der Waals surface area contributed by atoms with Gasteiger partial charge in [-0.15, -0.1) is 23.1 Å². The Morgan fingerprint density at radius 2 is 2.00 bits per heavy atom. The van der Waals surface area contributed by atoms with Gasteiger partial charge in [-0.25, -0.2) is 0 Å². The number of hydrogen-bond acceptors (Lipinski definition) is 3. The number of aryl methyl sites for hydroxylation is 1. The molecule has 1 heterocycles. The van der Waals surface area contributed by atoms with E-state index < -0.39 is 0 Å². The summed E-state index contributed by atoms with van der Waals surface area (Å²) in [6.45, 7) is 2.18. The molecular weight excluding hydrogens is 270 g/mol. The summed E-state index contributed by atoms with van der Waals surface area (Å²) in [5.74, 6) is 0.954. The molecule has 0 aliphatic carbocycles. The molecule has 0 saturated carbocycles. The van der Waals surface area contributed by atoms with Gasteiger partial charge in [0, 0.05) is 31.1 Å². The Balaban J connectivity index is 2.04. The molecule has 0 radical (unpaired) electrons. The lowest BCUT2D eigenvalue weighted by atomic mass is 10.3. The van der Waals surface area contributed by atoms with Crippen LogP contribution in [0.5, 0.6) is 0 Å². The number of nitrogen functional groups attached to an aromatic ring is 1. The largest absolute Gasteiger partial charge is 0.398 e. The van der Waals surface area contributed by atoms with Gasteiger partial charge in [0.05, 0.1) is 0 Å². The normalized spacial score (nSPS) is 10.7. The summed E-state index contributed by atoms with van der Waals surface area (Å²) in [7, 11) is 0. The molecule has 0 spiro atoms. The second-order valence-corrected chi connectivity index (χ2v) is 6.40. The van der Waals surface area contributed by atoms with Gasteiger partial charge in [-0.05, 0) is 36.8 Å². The molecular formula is C13H14ClNS2. The minimum absolute atomic E-state index is 0.738. The van der Waals surface area contributed by atoms with E-state index in [4.69, 9.17) is 17.3 Å². The molecule has 0 aliphatic rings. The van der Waals surface area contributed by atoms with E-state index in [1.165, 1.54) is 9.75 Å². The fourth-order valence-corrected chi connectivity index (χ4v) is 3.71. The van der Waals surface area contributed by atoms with E-state index in [1.54, 1.807) is 11.8 Å². The molecule has 90 valence electrons. The van der Waals surface area contributed by atoms with Crippen LogP contribution in [-0.4, -0.2) is 0 Å². The highest BCUT2D eigenvalue weighted by Crippen LogP contribution is 2.32. The van der Waals surface area contributed by atoms with E-state index in [1.807, 2.05) is 29.5 Å². The molecule has 0 bridgehead atoms. The Kier molecular flexibility index (Phi) is 4.37. The quantitative estimate of drug-likeness (QED) is 0.642. The van der Waals surface area contributed by atoms with Crippen LogP contribution in [0.25, 0.3) is 0 Å². The Bertz CT molecular complexity index is 508. The Hall–Kier alpha value is -0.640. The highest BCUT2D eigenvalue weighted by molar-refractivity contribution is 7.98. The van der Waals surface area contributed by atoms with Gasteiger partial charge in [0.15, 0.2) is 0 Å². The monoisotopic (exact) mass is 283 g/mol. The molecule has 0 unspecified atom stereocenters. The van der Waals surface area contributed by atoms with E-state index in [2.05, 4.69) is 19.1 Å². The maximum absolute atomic E-state index is 5.96. The Morgan fingerprint density at radius 1 is 1.24 bits per heavy atom. The standard InChI is InChI=1S/C13H14ClNS2/c1-2-10-4-5-11(17-10)8-16-13-7-9(14)3-6-12(13)15/h3-7H,2,8,15H2,1H3. The van der Waals surface area contributed by atoms with Crippen LogP contribution >= 0.6 is 34.7 Å². The van der Waals surface area contributed by atoms with Crippen molar-refractivity contribution in [3.63, 3.8) is 0 Å². The van der Waals surface area contributed by atoms with Gasteiger partial charge in [-0.2, -0.15) is 0 Å². The van der Waals surface area contributed by atoms with Crippen molar-refractivity contribution >= 4 is 40.4 Å². The van der Waals surface area contributed by atoms with E-state index in [0.717, 1.165) is 27.8 Å². The maximum atomic E-state index is 5.96. The highest BCUT2D eigenvalue weighted by atomic mass is 35.5. The van der Waals surface area contributed by atoms with Crippen LogP contribution in [0.4, 0.5) is 5.69 Å². The fraction of sp³-hybridized carbons (Fsp3) is 0.231. The zero-order valence-corrected chi connectivity index (χ0v) is 12.0. The average molecular weight is 284 g/mol. The summed E-state index contributed by atoms with van der Waals surface area (Å²) in [5, 5.41) is 0.738. The second kappa shape index (κ2) is 5.80. The summed E-state index contributed by atoms with van der Waals surface area (Å²) in [4.78, 5) is 3.87. The van der Waals surface area contributed by atoms with Crippen molar-refractivity contribution in [1.82, 2.24) is 0 Å². The van der Waals surface area contributed by atoms with Crippen LogP contribution < -0.4 is 5.73 Å². The van der Waals surface area contributed by atoms with E-state index in [0.29, 0.717) is 0 Å². The molecule has 0 saturated heterocycles. The van der Waals surface area contributed by atoms with Crippen LogP contribution in [0.15, 0.2) is 35.2 Å². The molecule has 2 rings (SSSR count). The first-order valence-electron chi connectivity index (χ1n) is 5.44. The van der Waals surface area contributed by atoms with Gasteiger partial charge in [-0.3, -0.25) is 0 Å². The lowest BCUT2D eigenvalue weighted by Gasteiger charge is -2.04. The van der Waals surface area contributed by atoms with Crippen LogP contribution in [0.2, 0.25) is 5.02 Å². The molecule has 1 nitrogen and oxygen atoms in total. The minimum Gasteiger partial charge on any atom is -0.398 e. The number of anilines is 1. The predicted molar refractivity (Wildman–Crippen MR) is 79.1 cm³/mol. The van der Waals surface area contributed by atoms with Crippen LogP contribution in [0.1, 0.15) is 16.7 Å². The number of halogens is 1. The molecule has 2 N–H and O–H groups in total. The minimum atomic E-state index is 0.738. The van der Waals surface area contributed by atoms with Crippen molar-refractivity contribution in [2.75, 3.05) is 5.73 Å². The van der Waals surface area contributed by atoms with Gasteiger partial charge in [0.25, 0.3) is 0 Å². The van der Waals surface area contributed by atoms with Crippen molar-refractivity contribution in [3.05, 3.63) is 45.1 Å². The second-order valence-electron chi connectivity index (χ2n) is 3.69. The van der Waals surface area contributed by atoms with E-state index in [-0.39, 0.29) is 0 Å². The first-order chi connectivity index (χ1) is 8.19. The number of benzene rings is 1. The molecule has 17 heavy (non-hydrogen) atoms. The summed E-state index contributed by atoms with van der Waals surface area (Å²) in [5.41, 5.74) is 6.71. The van der Waals surface area contributed by atoms with Gasteiger partial charge in [0.1, 0.15) is 0 Å². The summed E-state index contributed by atoms with van der Waals surface area (Å²) in [6.07, 6.45) is 1.11. The summed E-state index contributed by atoms with van der Waals surface area (Å²) in [6, 6.07) is 9.99. The van der Waals surface area contributed by atoms with E-state index in [9.17, 15) is 0 Å². The molecule has 2 aromatic rings. The number of rotatable bonds is 4. The molecule has 0 aliphatic heterocycles. The van der Waals surface area contributed by atoms with E-state index >= 15 is 0 Å². The molecule has 1 aromatic heterocycles. The van der Waals surface area contributed by atoms with Gasteiger partial charge in [0.2, 0.25) is 0 Å². The molecule has 4 heteroatoms. The zero-order valence-electron chi connectivity index (χ0n) is 9.57. The highest BCUT2D eigenvalue weighted by Gasteiger charge is 2.04. The summed E-state index contributed by atoms with van der Waals surface area (Å²) >= 11 is 9.57. The van der Waals surface area contributed by atoms with Crippen molar-refractivity contribution in [3.8, 4) is 0 Å². The van der Waals surface area contributed by atoms with Crippen LogP contribution in [-0.2, 0) is 12.2 Å². The van der Waals surface area contributed by atoms with Crippen molar-refractivity contribution < 1.29 is 0 Å². The predicted octanol–water partition coefficient (Wildman–Crippen LogP) is 4.84.